The van der Waals surface area contributed by atoms with E-state index in [9.17, 15) is 0 Å². The lowest BCUT2D eigenvalue weighted by Crippen LogP contribution is -2.54. The van der Waals surface area contributed by atoms with Crippen molar-refractivity contribution in [1.29, 1.82) is 0 Å². The molecule has 0 aromatic heterocycles. The van der Waals surface area contributed by atoms with E-state index in [2.05, 4.69) is 6.58 Å². The summed E-state index contributed by atoms with van der Waals surface area (Å²) in [5.41, 5.74) is 3.00. The minimum absolute atomic E-state index is 0.0425. The quantitative estimate of drug-likeness (QED) is 0.403. The maximum absolute atomic E-state index is 15.2. The molecule has 1 saturated heterocycles. The summed E-state index contributed by atoms with van der Waals surface area (Å²) in [7, 11) is 0. The molecule has 0 saturated carbocycles. The van der Waals surface area contributed by atoms with Gasteiger partial charge in [0.15, 0.2) is 12.3 Å². The second kappa shape index (κ2) is 11.8. The van der Waals surface area contributed by atoms with Gasteiger partial charge in [-0.25, -0.2) is 4.39 Å². The maximum atomic E-state index is 15.2. The van der Waals surface area contributed by atoms with Crippen LogP contribution in [0.2, 0.25) is 0 Å². The summed E-state index contributed by atoms with van der Waals surface area (Å²) < 4.78 is 39.2. The van der Waals surface area contributed by atoms with Crippen LogP contribution in [0.25, 0.3) is 0 Å². The van der Waals surface area contributed by atoms with Crippen LogP contribution in [-0.4, -0.2) is 31.1 Å². The number of ether oxygens (including phenoxy) is 4. The number of alkyl halides is 1. The molecule has 3 aromatic rings. The number of hydrogen-bond donors (Lipinski definition) is 0. The predicted molar refractivity (Wildman–Crippen MR) is 125 cm³/mol. The van der Waals surface area contributed by atoms with E-state index in [0.717, 1.165) is 16.7 Å². The molecular weight excluding hydrogens is 419 g/mol. The summed E-state index contributed by atoms with van der Waals surface area (Å²) in [6, 6.07) is 29.3. The molecule has 0 spiro atoms. The molecule has 4 rings (SSSR count). The van der Waals surface area contributed by atoms with Crippen molar-refractivity contribution >= 4 is 0 Å². The first-order chi connectivity index (χ1) is 16.2. The lowest BCUT2D eigenvalue weighted by atomic mass is 9.98. The van der Waals surface area contributed by atoms with Crippen LogP contribution in [0.5, 0.6) is 0 Å². The number of rotatable bonds is 10. The van der Waals surface area contributed by atoms with Crippen LogP contribution in [0, 0.1) is 0 Å². The summed E-state index contributed by atoms with van der Waals surface area (Å²) in [5, 5.41) is 0. The molecule has 172 valence electrons. The fraction of sp³-hybridized carbons (Fsp3) is 0.286. The number of hydrogen-bond acceptors (Lipinski definition) is 4. The van der Waals surface area contributed by atoms with Crippen LogP contribution < -0.4 is 0 Å². The van der Waals surface area contributed by atoms with Gasteiger partial charge in [0, 0.05) is 0 Å². The SMILES string of the molecule is C=C1OC(COCc2ccccc2)[C@@H](OCc2ccccc2)C(OCc2ccccc2)C1F. The van der Waals surface area contributed by atoms with Gasteiger partial charge in [-0.2, -0.15) is 0 Å². The minimum atomic E-state index is -1.50. The summed E-state index contributed by atoms with van der Waals surface area (Å²) in [6.45, 7) is 5.01. The maximum Gasteiger partial charge on any atom is 0.185 e. The zero-order valence-electron chi connectivity index (χ0n) is 18.5. The van der Waals surface area contributed by atoms with Gasteiger partial charge in [0.1, 0.15) is 18.0 Å². The lowest BCUT2D eigenvalue weighted by molar-refractivity contribution is -0.199. The topological polar surface area (TPSA) is 36.9 Å². The highest BCUT2D eigenvalue weighted by Crippen LogP contribution is 2.31. The second-order valence-electron chi connectivity index (χ2n) is 8.05. The third-order valence-corrected chi connectivity index (χ3v) is 5.55. The number of halogens is 1. The van der Waals surface area contributed by atoms with E-state index in [-0.39, 0.29) is 19.0 Å². The van der Waals surface area contributed by atoms with Crippen molar-refractivity contribution in [1.82, 2.24) is 0 Å². The highest BCUT2D eigenvalue weighted by atomic mass is 19.1. The molecule has 4 nitrogen and oxygen atoms in total. The lowest BCUT2D eigenvalue weighted by Gasteiger charge is -2.40. The van der Waals surface area contributed by atoms with Crippen LogP contribution in [0.1, 0.15) is 16.7 Å². The standard InChI is InChI=1S/C28H29FO4/c1-21-26(29)28(32-19-24-15-9-4-10-16-24)27(31-18-23-13-7-3-8-14-23)25(33-21)20-30-17-22-11-5-2-6-12-22/h2-16,25-28H,1,17-20H2/t25?,26?,27-,28?/m1/s1. The van der Waals surface area contributed by atoms with Crippen molar-refractivity contribution in [3.05, 3.63) is 120 Å². The van der Waals surface area contributed by atoms with Crippen LogP contribution in [0.4, 0.5) is 4.39 Å². The van der Waals surface area contributed by atoms with Crippen molar-refractivity contribution < 1.29 is 23.3 Å². The minimum Gasteiger partial charge on any atom is -0.487 e. The summed E-state index contributed by atoms with van der Waals surface area (Å²) >= 11 is 0. The Kier molecular flexibility index (Phi) is 8.25. The van der Waals surface area contributed by atoms with Gasteiger partial charge in [0.05, 0.1) is 26.4 Å². The molecule has 5 heteroatoms. The Hall–Kier alpha value is -2.99. The zero-order valence-corrected chi connectivity index (χ0v) is 18.5. The van der Waals surface area contributed by atoms with Crippen molar-refractivity contribution in [2.75, 3.05) is 6.61 Å². The Morgan fingerprint density at radius 3 is 1.64 bits per heavy atom. The molecule has 0 aliphatic carbocycles. The summed E-state index contributed by atoms with van der Waals surface area (Å²) in [5.74, 6) is 0.0425. The molecule has 3 unspecified atom stereocenters. The van der Waals surface area contributed by atoms with Gasteiger partial charge in [-0.1, -0.05) is 97.6 Å². The molecule has 1 fully saturated rings. The van der Waals surface area contributed by atoms with Gasteiger partial charge >= 0.3 is 0 Å². The molecule has 0 N–H and O–H groups in total. The largest absolute Gasteiger partial charge is 0.487 e. The van der Waals surface area contributed by atoms with Crippen molar-refractivity contribution in [3.63, 3.8) is 0 Å². The van der Waals surface area contributed by atoms with E-state index in [1.807, 2.05) is 91.0 Å². The highest BCUT2D eigenvalue weighted by molar-refractivity contribution is 5.16. The normalized spacial score (nSPS) is 22.6. The van der Waals surface area contributed by atoms with Gasteiger partial charge < -0.3 is 18.9 Å². The van der Waals surface area contributed by atoms with Gasteiger partial charge in [-0.15, -0.1) is 0 Å². The Balaban J connectivity index is 1.46. The number of benzene rings is 3. The summed E-state index contributed by atoms with van der Waals surface area (Å²) in [4.78, 5) is 0. The smallest absolute Gasteiger partial charge is 0.185 e. The highest BCUT2D eigenvalue weighted by Gasteiger charge is 2.45. The van der Waals surface area contributed by atoms with Crippen LogP contribution in [-0.2, 0) is 38.8 Å². The van der Waals surface area contributed by atoms with Crippen molar-refractivity contribution in [3.8, 4) is 0 Å². The van der Waals surface area contributed by atoms with Crippen LogP contribution in [0.3, 0.4) is 0 Å². The summed E-state index contributed by atoms with van der Waals surface area (Å²) in [6.07, 6.45) is -3.57. The van der Waals surface area contributed by atoms with Gasteiger partial charge in [-0.3, -0.25) is 0 Å². The first kappa shape index (κ1) is 23.2. The Morgan fingerprint density at radius 1 is 0.667 bits per heavy atom. The fourth-order valence-electron chi connectivity index (χ4n) is 3.80. The molecular formula is C28H29FO4. The Labute approximate surface area is 194 Å². The Morgan fingerprint density at radius 2 is 1.12 bits per heavy atom. The van der Waals surface area contributed by atoms with Crippen LogP contribution >= 0.6 is 0 Å². The third-order valence-electron chi connectivity index (χ3n) is 5.55. The van der Waals surface area contributed by atoms with Crippen LogP contribution in [0.15, 0.2) is 103 Å². The predicted octanol–water partition coefficient (Wildman–Crippen LogP) is 5.62. The fourth-order valence-corrected chi connectivity index (χ4v) is 3.80. The molecule has 4 atom stereocenters. The van der Waals surface area contributed by atoms with E-state index in [1.54, 1.807) is 0 Å². The zero-order chi connectivity index (χ0) is 22.9. The molecule has 0 amide bonds. The average Bonchev–Trinajstić information content (AvgIpc) is 2.86. The van der Waals surface area contributed by atoms with Crippen molar-refractivity contribution in [2.45, 2.75) is 44.3 Å². The van der Waals surface area contributed by atoms with Gasteiger partial charge in [-0.05, 0) is 16.7 Å². The van der Waals surface area contributed by atoms with Gasteiger partial charge in [0.25, 0.3) is 0 Å². The van der Waals surface area contributed by atoms with Gasteiger partial charge in [0.2, 0.25) is 0 Å². The third kappa shape index (κ3) is 6.51. The average molecular weight is 449 g/mol. The van der Waals surface area contributed by atoms with E-state index in [0.29, 0.717) is 13.2 Å². The first-order valence-corrected chi connectivity index (χ1v) is 11.1. The van der Waals surface area contributed by atoms with E-state index >= 15 is 4.39 Å². The van der Waals surface area contributed by atoms with E-state index in [1.165, 1.54) is 0 Å². The monoisotopic (exact) mass is 448 g/mol. The molecule has 1 aliphatic heterocycles. The molecule has 3 aromatic carbocycles. The molecule has 0 radical (unpaired) electrons. The van der Waals surface area contributed by atoms with Crippen molar-refractivity contribution in [2.24, 2.45) is 0 Å². The molecule has 1 aliphatic rings. The molecule has 33 heavy (non-hydrogen) atoms. The molecule has 0 bridgehead atoms. The second-order valence-corrected chi connectivity index (χ2v) is 8.05. The van der Waals surface area contributed by atoms with E-state index < -0.39 is 24.5 Å². The molecule has 1 heterocycles. The van der Waals surface area contributed by atoms with E-state index in [4.69, 9.17) is 18.9 Å². The Bertz CT molecular complexity index is 981. The first-order valence-electron chi connectivity index (χ1n) is 11.1.